The average Bonchev–Trinajstić information content (AvgIpc) is 3.40. The van der Waals surface area contributed by atoms with E-state index < -0.39 is 60.0 Å². The van der Waals surface area contributed by atoms with Crippen LogP contribution < -0.4 is 10.6 Å². The van der Waals surface area contributed by atoms with E-state index in [1.54, 1.807) is 5.32 Å². The number of aromatic nitrogens is 5. The molecule has 0 spiro atoms. The van der Waals surface area contributed by atoms with Crippen LogP contribution in [-0.4, -0.2) is 107 Å². The molecule has 2 N–H and O–H groups in total. The summed E-state index contributed by atoms with van der Waals surface area (Å²) in [5.74, 6) is -0.831. The van der Waals surface area contributed by atoms with E-state index in [4.69, 9.17) is 29.8 Å². The topological polar surface area (TPSA) is 149 Å². The zero-order valence-corrected chi connectivity index (χ0v) is 24.5. The lowest BCUT2D eigenvalue weighted by Crippen LogP contribution is -2.59. The van der Waals surface area contributed by atoms with E-state index in [-0.39, 0.29) is 35.1 Å². The van der Waals surface area contributed by atoms with E-state index in [2.05, 4.69) is 25.7 Å². The van der Waals surface area contributed by atoms with E-state index in [9.17, 15) is 35.9 Å². The molecule has 3 atom stereocenters. The highest BCUT2D eigenvalue weighted by Gasteiger charge is 2.59. The van der Waals surface area contributed by atoms with Crippen molar-refractivity contribution in [1.29, 1.82) is 0 Å². The molecular formula is C25H26B2F6N8O5. The van der Waals surface area contributed by atoms with Crippen molar-refractivity contribution in [2.75, 3.05) is 20.3 Å². The predicted octanol–water partition coefficient (Wildman–Crippen LogP) is 2.45. The van der Waals surface area contributed by atoms with Crippen molar-refractivity contribution in [2.24, 2.45) is 0 Å². The molecule has 1 unspecified atom stereocenters. The highest BCUT2D eigenvalue weighted by molar-refractivity contribution is 6.42. The first-order valence-electron chi connectivity index (χ1n) is 13.8. The first-order chi connectivity index (χ1) is 21.3. The Balaban J connectivity index is 1.47. The summed E-state index contributed by atoms with van der Waals surface area (Å²) in [4.78, 5) is 30.8. The zero-order chi connectivity index (χ0) is 33.8. The molecular weight excluding hydrogens is 628 g/mol. The number of nitrogens with one attached hydrogen (secondary N) is 2. The summed E-state index contributed by atoms with van der Waals surface area (Å²) in [6, 6.07) is -5.03. The first kappa shape index (κ1) is 33.5. The molecule has 2 fully saturated rings. The molecule has 5 rings (SSSR count). The van der Waals surface area contributed by atoms with Gasteiger partial charge in [-0.15, -0.1) is 0 Å². The van der Waals surface area contributed by atoms with Gasteiger partial charge in [0.2, 0.25) is 0 Å². The molecule has 4 radical (unpaired) electrons. The third kappa shape index (κ3) is 6.38. The van der Waals surface area contributed by atoms with Crippen LogP contribution in [0.3, 0.4) is 0 Å². The van der Waals surface area contributed by atoms with Gasteiger partial charge in [-0.05, 0) is 43.2 Å². The number of methoxy groups -OCH3 is 1. The Morgan fingerprint density at radius 3 is 2.48 bits per heavy atom. The van der Waals surface area contributed by atoms with Gasteiger partial charge < -0.3 is 25.0 Å². The second kappa shape index (κ2) is 11.7. The van der Waals surface area contributed by atoms with Crippen LogP contribution >= 0.6 is 0 Å². The first-order valence-corrected chi connectivity index (χ1v) is 13.8. The number of hydrogen-bond donors (Lipinski definition) is 2. The lowest BCUT2D eigenvalue weighted by Gasteiger charge is -2.40. The van der Waals surface area contributed by atoms with Crippen LogP contribution in [-0.2, 0) is 9.47 Å². The van der Waals surface area contributed by atoms with Gasteiger partial charge in [-0.25, -0.2) is 18.9 Å². The zero-order valence-electron chi connectivity index (χ0n) is 24.5. The van der Waals surface area contributed by atoms with Crippen LogP contribution in [0.1, 0.15) is 72.1 Å². The number of rotatable bonds is 11. The number of nitrogens with zero attached hydrogens (tertiary/aromatic N) is 6. The van der Waals surface area contributed by atoms with Crippen molar-refractivity contribution < 1.29 is 50.0 Å². The maximum atomic E-state index is 13.6. The summed E-state index contributed by atoms with van der Waals surface area (Å²) >= 11 is 0. The van der Waals surface area contributed by atoms with Crippen molar-refractivity contribution in [3.05, 3.63) is 41.1 Å². The monoisotopic (exact) mass is 654 g/mol. The van der Waals surface area contributed by atoms with Gasteiger partial charge in [0.05, 0.1) is 59.1 Å². The predicted molar refractivity (Wildman–Crippen MR) is 145 cm³/mol. The van der Waals surface area contributed by atoms with Crippen molar-refractivity contribution in [3.8, 4) is 0 Å². The average molecular weight is 654 g/mol. The van der Waals surface area contributed by atoms with Gasteiger partial charge in [0.25, 0.3) is 5.91 Å². The Morgan fingerprint density at radius 2 is 1.89 bits per heavy atom. The maximum Gasteiger partial charge on any atom is 0.416 e. The third-order valence-electron chi connectivity index (χ3n) is 7.72. The lowest BCUT2D eigenvalue weighted by atomic mass is 9.56. The molecule has 3 aromatic heterocycles. The number of amides is 3. The van der Waals surface area contributed by atoms with Crippen LogP contribution in [0.15, 0.2) is 23.1 Å². The van der Waals surface area contributed by atoms with Gasteiger partial charge in [-0.1, -0.05) is 5.16 Å². The Morgan fingerprint density at radius 1 is 1.20 bits per heavy atom. The smallest absolute Gasteiger partial charge is 0.382 e. The lowest BCUT2D eigenvalue weighted by molar-refractivity contribution is -0.265. The second-order valence-corrected chi connectivity index (χ2v) is 11.5. The fraction of sp³-hybridized carbons (Fsp3) is 0.600. The number of ether oxygens (including phenoxy) is 2. The summed E-state index contributed by atoms with van der Waals surface area (Å²) in [7, 11) is 12.9. The minimum absolute atomic E-state index is 0.00624. The number of alkyl halides is 6. The Kier molecular flexibility index (Phi) is 8.54. The van der Waals surface area contributed by atoms with E-state index in [0.29, 0.717) is 10.6 Å². The molecule has 3 aromatic rings. The molecule has 46 heavy (non-hydrogen) atoms. The van der Waals surface area contributed by atoms with Crippen LogP contribution in [0, 0.1) is 0 Å². The van der Waals surface area contributed by atoms with E-state index in [1.807, 2.05) is 0 Å². The fourth-order valence-electron chi connectivity index (χ4n) is 4.90. The molecule has 0 aromatic carbocycles. The van der Waals surface area contributed by atoms with Crippen LogP contribution in [0.5, 0.6) is 0 Å². The van der Waals surface area contributed by atoms with Crippen LogP contribution in [0.25, 0.3) is 5.65 Å². The Bertz CT molecular complexity index is 1610. The normalized spacial score (nSPS) is 20.2. The van der Waals surface area contributed by atoms with Gasteiger partial charge in [0.15, 0.2) is 16.9 Å². The fourth-order valence-corrected chi connectivity index (χ4v) is 4.90. The standard InChI is InChI=1S/C25H26B2F6N8O5/c1-22(2,25(31,32)33)45-9-14(36-19(42)18-17(11-4-5-11)38-46-39-18)13-8-40-16(35-13)6-12(7-34-40)15(10-44-3)41-21(43)37-20(23(41,26)27)24(28,29)30/h6-8,11,14-15,20H,4-5,9-10H2,1-3H3,(H,36,42)(H,37,43)/t14-,15+,20?/m0/s1. The molecule has 1 saturated carbocycles. The highest BCUT2D eigenvalue weighted by atomic mass is 19.4. The van der Waals surface area contributed by atoms with Crippen molar-refractivity contribution in [3.63, 3.8) is 0 Å². The van der Waals surface area contributed by atoms with Crippen molar-refractivity contribution in [2.45, 2.75) is 74.0 Å². The quantitative estimate of drug-likeness (QED) is 0.235. The molecule has 2 aliphatic rings. The summed E-state index contributed by atoms with van der Waals surface area (Å²) in [5.41, 5.74) is -2.27. The number of carbonyl (C=O) groups is 2. The highest BCUT2D eigenvalue weighted by Crippen LogP contribution is 2.41. The minimum Gasteiger partial charge on any atom is -0.382 e. The molecule has 244 valence electrons. The number of fused-ring (bicyclic) bond motifs is 1. The second-order valence-electron chi connectivity index (χ2n) is 11.5. The molecule has 1 aliphatic heterocycles. The number of urea groups is 1. The molecule has 4 heterocycles. The molecule has 0 bridgehead atoms. The number of carbonyl (C=O) groups excluding carboxylic acids is 2. The van der Waals surface area contributed by atoms with Gasteiger partial charge in [-0.2, -0.15) is 31.4 Å². The van der Waals surface area contributed by atoms with Gasteiger partial charge in [0.1, 0.15) is 11.7 Å². The minimum atomic E-state index is -4.98. The summed E-state index contributed by atoms with van der Waals surface area (Å²) < 4.78 is 97.8. The largest absolute Gasteiger partial charge is 0.416 e. The van der Waals surface area contributed by atoms with Crippen LogP contribution in [0.4, 0.5) is 31.1 Å². The molecule has 1 saturated heterocycles. The Hall–Kier alpha value is -3.87. The van der Waals surface area contributed by atoms with Gasteiger partial charge >= 0.3 is 18.4 Å². The van der Waals surface area contributed by atoms with Crippen LogP contribution in [0.2, 0.25) is 0 Å². The Labute approximate surface area is 259 Å². The molecule has 1 aliphatic carbocycles. The maximum absolute atomic E-state index is 13.6. The summed E-state index contributed by atoms with van der Waals surface area (Å²) in [5, 5.41) is 13.2. The van der Waals surface area contributed by atoms with Gasteiger partial charge in [-0.3, -0.25) is 4.79 Å². The third-order valence-corrected chi connectivity index (χ3v) is 7.72. The SMILES string of the molecule is [B]C1([B])C(C(F)(F)F)NC(=O)N1[C@H](COC)c1cnn2cc([C@H](COC(C)(C)C(F)(F)F)NC(=O)c3nonc3C3CC3)nc2c1. The summed E-state index contributed by atoms with van der Waals surface area (Å²) in [6.45, 7) is 0.590. The molecule has 13 nitrogen and oxygen atoms in total. The number of halogens is 6. The van der Waals surface area contributed by atoms with E-state index in [0.717, 1.165) is 26.7 Å². The number of hydrogen-bond acceptors (Lipinski definition) is 9. The van der Waals surface area contributed by atoms with E-state index >= 15 is 0 Å². The van der Waals surface area contributed by atoms with Crippen molar-refractivity contribution in [1.82, 2.24) is 40.4 Å². The molecule has 3 amide bonds. The summed E-state index contributed by atoms with van der Waals surface area (Å²) in [6.07, 6.45) is -5.70. The molecule has 21 heteroatoms. The van der Waals surface area contributed by atoms with Crippen molar-refractivity contribution >= 4 is 33.3 Å². The number of imidazole rings is 1. The van der Waals surface area contributed by atoms with E-state index in [1.165, 1.54) is 30.1 Å². The van der Waals surface area contributed by atoms with Gasteiger partial charge in [0, 0.05) is 18.6 Å².